The van der Waals surface area contributed by atoms with Gasteiger partial charge in [-0.05, 0) is 31.5 Å². The van der Waals surface area contributed by atoms with Crippen molar-refractivity contribution in [3.05, 3.63) is 47.5 Å². The molecule has 0 saturated heterocycles. The highest BCUT2D eigenvalue weighted by Crippen LogP contribution is 2.20. The summed E-state index contributed by atoms with van der Waals surface area (Å²) in [7, 11) is 1.56. The van der Waals surface area contributed by atoms with E-state index in [2.05, 4.69) is 15.3 Å². The van der Waals surface area contributed by atoms with Crippen molar-refractivity contribution in [2.75, 3.05) is 12.4 Å². The number of hydrogen-bond donors (Lipinski definition) is 1. The minimum Gasteiger partial charge on any atom is -0.481 e. The minimum absolute atomic E-state index is 0.0605. The van der Waals surface area contributed by atoms with Crippen molar-refractivity contribution < 1.29 is 9.13 Å². The predicted molar refractivity (Wildman–Crippen MR) is 71.8 cm³/mol. The van der Waals surface area contributed by atoms with Gasteiger partial charge in [0.05, 0.1) is 13.2 Å². The van der Waals surface area contributed by atoms with Gasteiger partial charge in [0, 0.05) is 6.07 Å². The standard InChI is InChI=1S/C14H16FN3O/c1-9(11-5-4-6-12(15)7-11)16-13-8-14(19-3)18-10(2)17-13/h4-9H,1-3H3,(H,16,17,18). The van der Waals surface area contributed by atoms with Crippen LogP contribution < -0.4 is 10.1 Å². The molecule has 1 heterocycles. The number of aryl methyl sites for hydroxylation is 1. The second kappa shape index (κ2) is 5.65. The van der Waals surface area contributed by atoms with Gasteiger partial charge in [-0.25, -0.2) is 9.37 Å². The van der Waals surface area contributed by atoms with Crippen LogP contribution >= 0.6 is 0 Å². The number of benzene rings is 1. The first-order valence-electron chi connectivity index (χ1n) is 6.00. The highest BCUT2D eigenvalue weighted by atomic mass is 19.1. The van der Waals surface area contributed by atoms with Gasteiger partial charge < -0.3 is 10.1 Å². The van der Waals surface area contributed by atoms with Crippen LogP contribution in [0.2, 0.25) is 0 Å². The molecule has 4 nitrogen and oxygen atoms in total. The molecule has 0 bridgehead atoms. The van der Waals surface area contributed by atoms with E-state index >= 15 is 0 Å². The number of nitrogens with one attached hydrogen (secondary N) is 1. The maximum absolute atomic E-state index is 13.2. The summed E-state index contributed by atoms with van der Waals surface area (Å²) in [5.74, 6) is 1.53. The van der Waals surface area contributed by atoms with E-state index < -0.39 is 0 Å². The van der Waals surface area contributed by atoms with E-state index in [4.69, 9.17) is 4.74 Å². The monoisotopic (exact) mass is 261 g/mol. The third-order valence-electron chi connectivity index (χ3n) is 2.74. The Hall–Kier alpha value is -2.17. The van der Waals surface area contributed by atoms with Crippen LogP contribution in [0.5, 0.6) is 5.88 Å². The number of aromatic nitrogens is 2. The fourth-order valence-electron chi connectivity index (χ4n) is 1.80. The Morgan fingerprint density at radius 2 is 2.05 bits per heavy atom. The number of ether oxygens (including phenoxy) is 1. The van der Waals surface area contributed by atoms with Crippen LogP contribution in [0.25, 0.3) is 0 Å². The molecule has 5 heteroatoms. The molecule has 2 rings (SSSR count). The molecule has 0 aliphatic carbocycles. The van der Waals surface area contributed by atoms with Gasteiger partial charge in [-0.1, -0.05) is 12.1 Å². The summed E-state index contributed by atoms with van der Waals surface area (Å²) in [6, 6.07) is 8.13. The Labute approximate surface area is 111 Å². The fraction of sp³-hybridized carbons (Fsp3) is 0.286. The summed E-state index contributed by atoms with van der Waals surface area (Å²) in [5.41, 5.74) is 0.857. The fourth-order valence-corrected chi connectivity index (χ4v) is 1.80. The molecule has 1 unspecified atom stereocenters. The number of hydrogen-bond acceptors (Lipinski definition) is 4. The summed E-state index contributed by atoms with van der Waals surface area (Å²) in [5, 5.41) is 3.20. The van der Waals surface area contributed by atoms with E-state index in [0.717, 1.165) is 5.56 Å². The zero-order chi connectivity index (χ0) is 13.8. The molecule has 0 fully saturated rings. The zero-order valence-electron chi connectivity index (χ0n) is 11.1. The Bertz CT molecular complexity index is 574. The van der Waals surface area contributed by atoms with Gasteiger partial charge in [0.25, 0.3) is 0 Å². The van der Waals surface area contributed by atoms with E-state index in [1.54, 1.807) is 26.2 Å². The highest BCUT2D eigenvalue weighted by molar-refractivity contribution is 5.41. The second-order valence-corrected chi connectivity index (χ2v) is 4.26. The van der Waals surface area contributed by atoms with Crippen molar-refractivity contribution in [2.45, 2.75) is 19.9 Å². The molecule has 100 valence electrons. The van der Waals surface area contributed by atoms with Crippen molar-refractivity contribution in [3.8, 4) is 5.88 Å². The van der Waals surface area contributed by atoms with E-state index in [0.29, 0.717) is 17.5 Å². The maximum atomic E-state index is 13.2. The highest BCUT2D eigenvalue weighted by Gasteiger charge is 2.08. The van der Waals surface area contributed by atoms with Gasteiger partial charge in [0.15, 0.2) is 0 Å². The van der Waals surface area contributed by atoms with Crippen molar-refractivity contribution in [1.29, 1.82) is 0 Å². The SMILES string of the molecule is COc1cc(NC(C)c2cccc(F)c2)nc(C)n1. The van der Waals surface area contributed by atoms with E-state index in [-0.39, 0.29) is 11.9 Å². The van der Waals surface area contributed by atoms with Gasteiger partial charge >= 0.3 is 0 Å². The molecule has 0 aliphatic rings. The maximum Gasteiger partial charge on any atom is 0.218 e. The predicted octanol–water partition coefficient (Wildman–Crippen LogP) is 3.11. The lowest BCUT2D eigenvalue weighted by Gasteiger charge is -2.15. The van der Waals surface area contributed by atoms with Crippen LogP contribution in [0, 0.1) is 12.7 Å². The molecule has 1 N–H and O–H groups in total. The average Bonchev–Trinajstić information content (AvgIpc) is 2.38. The Balaban J connectivity index is 2.18. The van der Waals surface area contributed by atoms with Crippen molar-refractivity contribution in [2.24, 2.45) is 0 Å². The zero-order valence-corrected chi connectivity index (χ0v) is 11.1. The third kappa shape index (κ3) is 3.40. The molecule has 0 spiro atoms. The number of nitrogens with zero attached hydrogens (tertiary/aromatic N) is 2. The Kier molecular flexibility index (Phi) is 3.94. The van der Waals surface area contributed by atoms with Gasteiger partial charge in [0.1, 0.15) is 17.5 Å². The minimum atomic E-state index is -0.248. The molecule has 2 aromatic rings. The number of halogens is 1. The smallest absolute Gasteiger partial charge is 0.218 e. The quantitative estimate of drug-likeness (QED) is 0.918. The number of rotatable bonds is 4. The largest absolute Gasteiger partial charge is 0.481 e. The van der Waals surface area contributed by atoms with E-state index in [9.17, 15) is 4.39 Å². The summed E-state index contributed by atoms with van der Waals surface area (Å²) < 4.78 is 18.3. The van der Waals surface area contributed by atoms with E-state index in [1.165, 1.54) is 12.1 Å². The van der Waals surface area contributed by atoms with Gasteiger partial charge in [-0.3, -0.25) is 0 Å². The molecule has 0 saturated carbocycles. The van der Waals surface area contributed by atoms with Crippen LogP contribution in [0.4, 0.5) is 10.2 Å². The average molecular weight is 261 g/mol. The molecule has 0 amide bonds. The number of methoxy groups -OCH3 is 1. The van der Waals surface area contributed by atoms with Crippen molar-refractivity contribution in [1.82, 2.24) is 9.97 Å². The molecule has 19 heavy (non-hydrogen) atoms. The van der Waals surface area contributed by atoms with Crippen LogP contribution in [0.1, 0.15) is 24.4 Å². The first-order valence-corrected chi connectivity index (χ1v) is 6.00. The second-order valence-electron chi connectivity index (χ2n) is 4.26. The van der Waals surface area contributed by atoms with Gasteiger partial charge in [-0.15, -0.1) is 0 Å². The normalized spacial score (nSPS) is 12.0. The first kappa shape index (κ1) is 13.3. The Morgan fingerprint density at radius 3 is 2.74 bits per heavy atom. The molecule has 0 radical (unpaired) electrons. The summed E-state index contributed by atoms with van der Waals surface area (Å²) in [4.78, 5) is 8.39. The Morgan fingerprint density at radius 1 is 1.26 bits per heavy atom. The molecular formula is C14H16FN3O. The van der Waals surface area contributed by atoms with Crippen molar-refractivity contribution in [3.63, 3.8) is 0 Å². The van der Waals surface area contributed by atoms with Crippen LogP contribution in [0.3, 0.4) is 0 Å². The lowest BCUT2D eigenvalue weighted by Crippen LogP contribution is -2.09. The molecule has 0 aliphatic heterocycles. The van der Waals surface area contributed by atoms with Gasteiger partial charge in [0.2, 0.25) is 5.88 Å². The first-order chi connectivity index (χ1) is 9.08. The lowest BCUT2D eigenvalue weighted by molar-refractivity contribution is 0.396. The third-order valence-corrected chi connectivity index (χ3v) is 2.74. The topological polar surface area (TPSA) is 47.0 Å². The summed E-state index contributed by atoms with van der Waals surface area (Å²) in [6.45, 7) is 3.74. The molecule has 1 aromatic heterocycles. The van der Waals surface area contributed by atoms with Crippen LogP contribution in [-0.4, -0.2) is 17.1 Å². The molecule has 1 aromatic carbocycles. The summed E-state index contributed by atoms with van der Waals surface area (Å²) >= 11 is 0. The van der Waals surface area contributed by atoms with Crippen molar-refractivity contribution >= 4 is 5.82 Å². The van der Waals surface area contributed by atoms with Crippen LogP contribution in [0.15, 0.2) is 30.3 Å². The molecular weight excluding hydrogens is 245 g/mol. The number of anilines is 1. The van der Waals surface area contributed by atoms with Crippen LogP contribution in [-0.2, 0) is 0 Å². The molecule has 1 atom stereocenters. The summed E-state index contributed by atoms with van der Waals surface area (Å²) in [6.07, 6.45) is 0. The van der Waals surface area contributed by atoms with Gasteiger partial charge in [-0.2, -0.15) is 4.98 Å². The van der Waals surface area contributed by atoms with E-state index in [1.807, 2.05) is 13.0 Å². The lowest BCUT2D eigenvalue weighted by atomic mass is 10.1.